The molecular weight excluding hydrogens is 462 g/mol. The fourth-order valence-electron chi connectivity index (χ4n) is 4.70. The average Bonchev–Trinajstić information content (AvgIpc) is 3.77. The number of amides is 1. The number of imidazole rings is 1. The first-order valence-electron chi connectivity index (χ1n) is 12.4. The SMILES string of the molecule is N#CC1(C(=O)NC2CCC(Nc3cc(=NC4CC4)n4nc/c(=C\c5[nH]c(=O)[nH]c5O)c4n3)CC2)CC1. The number of nitriles is 1. The van der Waals surface area contributed by atoms with E-state index in [9.17, 15) is 20.0 Å². The topological polar surface area (TPSA) is 176 Å². The summed E-state index contributed by atoms with van der Waals surface area (Å²) in [5.41, 5.74) is 0.221. The van der Waals surface area contributed by atoms with E-state index >= 15 is 0 Å². The Morgan fingerprint density at radius 1 is 1.22 bits per heavy atom. The van der Waals surface area contributed by atoms with Crippen molar-refractivity contribution in [2.24, 2.45) is 10.4 Å². The van der Waals surface area contributed by atoms with Crippen molar-refractivity contribution < 1.29 is 9.90 Å². The van der Waals surface area contributed by atoms with Gasteiger partial charge in [0.15, 0.2) is 11.1 Å². The summed E-state index contributed by atoms with van der Waals surface area (Å²) in [7, 11) is 0. The number of carbonyl (C=O) groups excluding carboxylic acids is 1. The number of fused-ring (bicyclic) bond motifs is 1. The van der Waals surface area contributed by atoms with E-state index < -0.39 is 11.1 Å². The van der Waals surface area contributed by atoms with E-state index in [2.05, 4.69) is 31.8 Å². The summed E-state index contributed by atoms with van der Waals surface area (Å²) in [6.45, 7) is 0. The summed E-state index contributed by atoms with van der Waals surface area (Å²) in [6.07, 6.45) is 10.1. The maximum Gasteiger partial charge on any atom is 0.326 e. The van der Waals surface area contributed by atoms with Crippen molar-refractivity contribution in [1.29, 1.82) is 5.26 Å². The highest BCUT2D eigenvalue weighted by Gasteiger charge is 2.51. The Hall–Kier alpha value is -4.14. The molecule has 3 aromatic rings. The molecule has 12 heteroatoms. The van der Waals surface area contributed by atoms with Gasteiger partial charge in [0.1, 0.15) is 16.9 Å². The molecule has 1 amide bonds. The highest BCUT2D eigenvalue weighted by atomic mass is 16.3. The van der Waals surface area contributed by atoms with Gasteiger partial charge in [-0.3, -0.25) is 14.8 Å². The summed E-state index contributed by atoms with van der Waals surface area (Å²) in [4.78, 5) is 38.3. The number of H-pyrrole nitrogens is 2. The van der Waals surface area contributed by atoms with E-state index in [1.807, 2.05) is 6.07 Å². The summed E-state index contributed by atoms with van der Waals surface area (Å²) in [5.74, 6) is 0.305. The standard InChI is InChI=1S/C24H27N9O3/c25-12-24(7-8-24)22(35)29-16-5-1-14(2-6-16)27-18-10-19(28-15-3-4-15)33-20(31-18)13(11-26-33)9-17-21(34)32-23(36)30-17/h9-11,14-16,27,34H,1-8H2,(H,29,35)(H2,30,32,36)/b13-9+,28-19?. The number of hydrogen-bond donors (Lipinski definition) is 5. The maximum absolute atomic E-state index is 12.4. The molecule has 0 unspecified atom stereocenters. The van der Waals surface area contributed by atoms with Gasteiger partial charge in [0.25, 0.3) is 0 Å². The Kier molecular flexibility index (Phi) is 5.28. The summed E-state index contributed by atoms with van der Waals surface area (Å²) in [6, 6.07) is 4.62. The lowest BCUT2D eigenvalue weighted by molar-refractivity contribution is -0.125. The van der Waals surface area contributed by atoms with Gasteiger partial charge in [-0.1, -0.05) is 0 Å². The van der Waals surface area contributed by atoms with Crippen LogP contribution in [0.2, 0.25) is 0 Å². The number of aromatic hydroxyl groups is 1. The van der Waals surface area contributed by atoms with E-state index in [-0.39, 0.29) is 35.6 Å². The average molecular weight is 490 g/mol. The Morgan fingerprint density at radius 3 is 2.61 bits per heavy atom. The first-order valence-corrected chi connectivity index (χ1v) is 12.4. The van der Waals surface area contributed by atoms with Crippen molar-refractivity contribution in [3.63, 3.8) is 0 Å². The number of hydrogen-bond acceptors (Lipinski definition) is 8. The lowest BCUT2D eigenvalue weighted by atomic mass is 9.90. The zero-order valence-electron chi connectivity index (χ0n) is 19.6. The third-order valence-electron chi connectivity index (χ3n) is 7.19. The van der Waals surface area contributed by atoms with E-state index in [0.29, 0.717) is 35.0 Å². The predicted molar refractivity (Wildman–Crippen MR) is 129 cm³/mol. The number of aromatic nitrogens is 5. The Morgan fingerprint density at radius 2 is 1.97 bits per heavy atom. The van der Waals surface area contributed by atoms with Crippen molar-refractivity contribution in [3.05, 3.63) is 39.1 Å². The summed E-state index contributed by atoms with van der Waals surface area (Å²) < 4.78 is 1.67. The molecule has 0 saturated heterocycles. The minimum Gasteiger partial charge on any atom is -0.493 e. The summed E-state index contributed by atoms with van der Waals surface area (Å²) >= 11 is 0. The molecule has 3 saturated carbocycles. The lowest BCUT2D eigenvalue weighted by Crippen LogP contribution is -2.43. The third-order valence-corrected chi connectivity index (χ3v) is 7.19. The molecule has 3 aliphatic rings. The van der Waals surface area contributed by atoms with Crippen LogP contribution >= 0.6 is 0 Å². The Balaban J connectivity index is 1.23. The van der Waals surface area contributed by atoms with Gasteiger partial charge in [-0.05, 0) is 57.4 Å². The van der Waals surface area contributed by atoms with Crippen molar-refractivity contribution in [1.82, 2.24) is 29.9 Å². The van der Waals surface area contributed by atoms with Gasteiger partial charge in [-0.15, -0.1) is 0 Å². The molecule has 0 radical (unpaired) electrons. The molecule has 0 aromatic carbocycles. The van der Waals surface area contributed by atoms with Gasteiger partial charge in [-0.2, -0.15) is 14.9 Å². The zero-order valence-corrected chi connectivity index (χ0v) is 19.6. The van der Waals surface area contributed by atoms with Gasteiger partial charge in [-0.25, -0.2) is 9.78 Å². The molecule has 0 bridgehead atoms. The minimum absolute atomic E-state index is 0.0875. The van der Waals surface area contributed by atoms with Crippen molar-refractivity contribution >= 4 is 23.4 Å². The van der Waals surface area contributed by atoms with Crippen LogP contribution in [0.15, 0.2) is 22.1 Å². The first kappa shape index (κ1) is 22.3. The van der Waals surface area contributed by atoms with Crippen molar-refractivity contribution in [2.75, 3.05) is 5.32 Å². The van der Waals surface area contributed by atoms with E-state index in [0.717, 1.165) is 38.5 Å². The quantitative estimate of drug-likeness (QED) is 0.328. The van der Waals surface area contributed by atoms with E-state index in [1.165, 1.54) is 0 Å². The molecular formula is C24H27N9O3. The number of nitrogens with one attached hydrogen (secondary N) is 4. The largest absolute Gasteiger partial charge is 0.493 e. The highest BCUT2D eigenvalue weighted by molar-refractivity contribution is 5.88. The normalized spacial score (nSPS) is 24.0. The first-order chi connectivity index (χ1) is 17.4. The molecule has 3 aliphatic carbocycles. The molecule has 0 spiro atoms. The van der Waals surface area contributed by atoms with Crippen LogP contribution in [-0.4, -0.2) is 53.7 Å². The number of carbonyl (C=O) groups is 1. The van der Waals surface area contributed by atoms with Crippen LogP contribution in [0.25, 0.3) is 11.7 Å². The van der Waals surface area contributed by atoms with Gasteiger partial charge in [0.2, 0.25) is 11.8 Å². The molecule has 0 atom stereocenters. The van der Waals surface area contributed by atoms with Crippen molar-refractivity contribution in [3.8, 4) is 11.9 Å². The molecule has 186 valence electrons. The zero-order chi connectivity index (χ0) is 24.9. The second kappa shape index (κ2) is 8.51. The monoisotopic (exact) mass is 489 g/mol. The maximum atomic E-state index is 12.4. The van der Waals surface area contributed by atoms with E-state index in [1.54, 1.807) is 16.8 Å². The van der Waals surface area contributed by atoms with Crippen LogP contribution in [0.1, 0.15) is 57.1 Å². The van der Waals surface area contributed by atoms with Crippen LogP contribution in [0.5, 0.6) is 5.88 Å². The van der Waals surface area contributed by atoms with E-state index in [4.69, 9.17) is 9.98 Å². The van der Waals surface area contributed by atoms with Gasteiger partial charge in [0, 0.05) is 23.4 Å². The summed E-state index contributed by atoms with van der Waals surface area (Å²) in [5, 5.41) is 30.9. The Bertz CT molecular complexity index is 1540. The van der Waals surface area contributed by atoms with Crippen LogP contribution < -0.4 is 27.0 Å². The predicted octanol–water partition coefficient (Wildman–Crippen LogP) is 0.205. The molecule has 3 aromatic heterocycles. The molecule has 36 heavy (non-hydrogen) atoms. The second-order valence-corrected chi connectivity index (χ2v) is 10.0. The fraction of sp³-hybridized carbons (Fsp3) is 0.500. The van der Waals surface area contributed by atoms with Crippen LogP contribution in [0, 0.1) is 16.7 Å². The molecule has 3 heterocycles. The number of rotatable bonds is 6. The Labute approximate surface area is 205 Å². The number of nitrogens with zero attached hydrogens (tertiary/aromatic N) is 5. The molecule has 3 fully saturated rings. The number of aromatic amines is 2. The third kappa shape index (κ3) is 4.32. The van der Waals surface area contributed by atoms with Crippen LogP contribution in [-0.2, 0) is 4.79 Å². The van der Waals surface area contributed by atoms with Gasteiger partial charge in [0.05, 0.1) is 18.3 Å². The van der Waals surface area contributed by atoms with Crippen LogP contribution in [0.3, 0.4) is 0 Å². The fourth-order valence-corrected chi connectivity index (χ4v) is 4.70. The van der Waals surface area contributed by atoms with Crippen molar-refractivity contribution in [2.45, 2.75) is 69.5 Å². The number of anilines is 1. The van der Waals surface area contributed by atoms with Crippen LogP contribution in [0.4, 0.5) is 5.82 Å². The van der Waals surface area contributed by atoms with Gasteiger partial charge < -0.3 is 20.7 Å². The smallest absolute Gasteiger partial charge is 0.326 e. The molecule has 0 aliphatic heterocycles. The second-order valence-electron chi connectivity index (χ2n) is 10.0. The highest BCUT2D eigenvalue weighted by Crippen LogP contribution is 2.45. The molecule has 12 nitrogen and oxygen atoms in total. The van der Waals surface area contributed by atoms with Gasteiger partial charge >= 0.3 is 5.69 Å². The molecule has 6 rings (SSSR count). The molecule has 5 N–H and O–H groups in total. The lowest BCUT2D eigenvalue weighted by Gasteiger charge is -2.30. The minimum atomic E-state index is -0.792.